The molecule has 4 rings (SSSR count). The van der Waals surface area contributed by atoms with Gasteiger partial charge in [0.1, 0.15) is 0 Å². The Hall–Kier alpha value is -0.160. The van der Waals surface area contributed by atoms with Crippen molar-refractivity contribution in [1.29, 1.82) is 0 Å². The molecule has 28 heavy (non-hydrogen) atoms. The molecule has 0 unspecified atom stereocenters. The van der Waals surface area contributed by atoms with Gasteiger partial charge in [0.25, 0.3) is 0 Å². The lowest BCUT2D eigenvalue weighted by Crippen LogP contribution is -2.55. The number of rotatable bonds is 3. The zero-order valence-corrected chi connectivity index (χ0v) is 18.5. The van der Waals surface area contributed by atoms with Crippen LogP contribution in [0.4, 0.5) is 0 Å². The summed E-state index contributed by atoms with van der Waals surface area (Å²) in [5, 5.41) is 0. The summed E-state index contributed by atoms with van der Waals surface area (Å²) in [6.45, 7) is 11.2. The molecule has 0 aromatic carbocycles. The summed E-state index contributed by atoms with van der Waals surface area (Å²) in [7, 11) is 0. The second kappa shape index (κ2) is 9.32. The van der Waals surface area contributed by atoms with Gasteiger partial charge in [-0.3, -0.25) is 0 Å². The molecule has 0 radical (unpaired) electrons. The first-order valence-corrected chi connectivity index (χ1v) is 12.1. The third-order valence-corrected chi connectivity index (χ3v) is 8.01. The van der Waals surface area contributed by atoms with Crippen LogP contribution < -0.4 is 0 Å². The van der Waals surface area contributed by atoms with Crippen molar-refractivity contribution in [2.75, 3.05) is 13.2 Å². The van der Waals surface area contributed by atoms with Gasteiger partial charge >= 0.3 is 0 Å². The smallest absolute Gasteiger partial charge is 0.0869 e. The molecule has 4 aliphatic heterocycles. The van der Waals surface area contributed by atoms with Crippen LogP contribution in [0.15, 0.2) is 0 Å². The van der Waals surface area contributed by atoms with E-state index in [0.717, 1.165) is 26.1 Å². The molecule has 4 saturated heterocycles. The second-order valence-corrected chi connectivity index (χ2v) is 10.3. The fourth-order valence-electron chi connectivity index (χ4n) is 6.13. The fourth-order valence-corrected chi connectivity index (χ4v) is 6.13. The van der Waals surface area contributed by atoms with Gasteiger partial charge in [-0.2, -0.15) is 0 Å². The molecule has 0 aromatic rings. The molecule has 0 bridgehead atoms. The quantitative estimate of drug-likeness (QED) is 0.676. The van der Waals surface area contributed by atoms with Gasteiger partial charge in [-0.05, 0) is 75.0 Å². The van der Waals surface area contributed by atoms with Crippen LogP contribution in [0.1, 0.15) is 79.1 Å². The first kappa shape index (κ1) is 21.1. The highest BCUT2D eigenvalue weighted by Crippen LogP contribution is 2.40. The molecule has 162 valence electrons. The maximum atomic E-state index is 6.79. The van der Waals surface area contributed by atoms with Crippen LogP contribution in [-0.4, -0.2) is 49.8 Å². The average Bonchev–Trinajstić information content (AvgIpc) is 2.70. The Kier molecular flexibility index (Phi) is 7.02. The van der Waals surface area contributed by atoms with Gasteiger partial charge in [-0.1, -0.05) is 27.7 Å². The highest BCUT2D eigenvalue weighted by molar-refractivity contribution is 4.93. The molecule has 0 aliphatic carbocycles. The molecule has 4 fully saturated rings. The van der Waals surface area contributed by atoms with E-state index in [9.17, 15) is 0 Å². The summed E-state index contributed by atoms with van der Waals surface area (Å²) in [6, 6.07) is 0. The monoisotopic (exact) mass is 394 g/mol. The maximum absolute atomic E-state index is 6.79. The second-order valence-electron chi connectivity index (χ2n) is 10.3. The van der Waals surface area contributed by atoms with E-state index >= 15 is 0 Å². The highest BCUT2D eigenvalue weighted by atomic mass is 16.6. The third-order valence-electron chi connectivity index (χ3n) is 8.01. The first-order chi connectivity index (χ1) is 13.5. The van der Waals surface area contributed by atoms with Crippen LogP contribution >= 0.6 is 0 Å². The minimum Gasteiger partial charge on any atom is -0.375 e. The zero-order valence-electron chi connectivity index (χ0n) is 18.5. The lowest BCUT2D eigenvalue weighted by Gasteiger charge is -2.49. The zero-order chi connectivity index (χ0) is 19.7. The maximum Gasteiger partial charge on any atom is 0.0869 e. The van der Waals surface area contributed by atoms with Crippen LogP contribution in [0.2, 0.25) is 0 Å². The van der Waals surface area contributed by atoms with Gasteiger partial charge in [-0.15, -0.1) is 0 Å². The normalized spacial score (nSPS) is 51.0. The average molecular weight is 395 g/mol. The topological polar surface area (TPSA) is 36.9 Å². The third kappa shape index (κ3) is 4.45. The van der Waals surface area contributed by atoms with Crippen molar-refractivity contribution in [2.45, 2.75) is 116 Å². The van der Waals surface area contributed by atoms with E-state index < -0.39 is 0 Å². The Balaban J connectivity index is 1.43. The summed E-state index contributed by atoms with van der Waals surface area (Å²) in [5.41, 5.74) is 0. The van der Waals surface area contributed by atoms with Gasteiger partial charge in [-0.25, -0.2) is 0 Å². The lowest BCUT2D eigenvalue weighted by atomic mass is 9.79. The van der Waals surface area contributed by atoms with Crippen LogP contribution in [0, 0.1) is 23.7 Å². The Morgan fingerprint density at radius 2 is 0.857 bits per heavy atom. The molecule has 4 aliphatic rings. The van der Waals surface area contributed by atoms with E-state index in [2.05, 4.69) is 27.7 Å². The predicted octanol–water partition coefficient (Wildman–Crippen LogP) is 4.98. The van der Waals surface area contributed by atoms with E-state index in [1.165, 1.54) is 38.5 Å². The van der Waals surface area contributed by atoms with Crippen LogP contribution in [-0.2, 0) is 18.9 Å². The van der Waals surface area contributed by atoms with Crippen molar-refractivity contribution >= 4 is 0 Å². The summed E-state index contributed by atoms with van der Waals surface area (Å²) in [4.78, 5) is 0. The molecule has 0 saturated carbocycles. The minimum absolute atomic E-state index is 0.188. The van der Waals surface area contributed by atoms with E-state index in [1.54, 1.807) is 0 Å². The van der Waals surface area contributed by atoms with Crippen LogP contribution in [0.5, 0.6) is 0 Å². The summed E-state index contributed by atoms with van der Waals surface area (Å²) >= 11 is 0. The van der Waals surface area contributed by atoms with Crippen LogP contribution in [0.25, 0.3) is 0 Å². The van der Waals surface area contributed by atoms with E-state index in [0.29, 0.717) is 23.7 Å². The molecular formula is C24H42O4. The molecular weight excluding hydrogens is 352 g/mol. The summed E-state index contributed by atoms with van der Waals surface area (Å²) in [6.07, 6.45) is 11.0. The van der Waals surface area contributed by atoms with Crippen molar-refractivity contribution in [2.24, 2.45) is 23.7 Å². The SMILES string of the molecule is C[C@@H]1CCCO[C@H]1[C@H]1CC[C@H](C)[C@@H]([C@H]2O[C@@H]([C@@H]3OCCC[C@H]3C)CC[C@@H]2C)O1. The standard InChI is InChI=1S/C24H42O4/c1-15-7-5-13-25-21(15)19-11-9-17(3)23(27-19)24-18(4)10-12-20(28-24)22-16(2)8-6-14-26-22/h15-24H,5-14H2,1-4H3/t15-,16-,17+,18+,19-,20-,21-,22-,23+,24+/m1/s1. The van der Waals surface area contributed by atoms with E-state index in [1.807, 2.05) is 0 Å². The van der Waals surface area contributed by atoms with Crippen molar-refractivity contribution in [3.05, 3.63) is 0 Å². The Morgan fingerprint density at radius 3 is 1.25 bits per heavy atom. The predicted molar refractivity (Wildman–Crippen MR) is 110 cm³/mol. The molecule has 4 heterocycles. The molecule has 0 amide bonds. The Bertz CT molecular complexity index is 453. The molecule has 10 atom stereocenters. The van der Waals surface area contributed by atoms with Crippen molar-refractivity contribution < 1.29 is 18.9 Å². The minimum atomic E-state index is 0.188. The Morgan fingerprint density at radius 1 is 0.464 bits per heavy atom. The highest BCUT2D eigenvalue weighted by Gasteiger charge is 2.45. The van der Waals surface area contributed by atoms with Gasteiger partial charge in [0.2, 0.25) is 0 Å². The molecule has 4 nitrogen and oxygen atoms in total. The van der Waals surface area contributed by atoms with E-state index in [-0.39, 0.29) is 36.6 Å². The fraction of sp³-hybridized carbons (Fsp3) is 1.00. The largest absolute Gasteiger partial charge is 0.375 e. The molecule has 0 aromatic heterocycles. The molecule has 4 heteroatoms. The Labute approximate surface area is 172 Å². The van der Waals surface area contributed by atoms with Crippen molar-refractivity contribution in [3.8, 4) is 0 Å². The van der Waals surface area contributed by atoms with Crippen LogP contribution in [0.3, 0.4) is 0 Å². The van der Waals surface area contributed by atoms with Gasteiger partial charge in [0, 0.05) is 13.2 Å². The molecule has 0 N–H and O–H groups in total. The number of hydrogen-bond donors (Lipinski definition) is 0. The van der Waals surface area contributed by atoms with Crippen molar-refractivity contribution in [3.63, 3.8) is 0 Å². The summed E-state index contributed by atoms with van der Waals surface area (Å²) < 4.78 is 25.9. The van der Waals surface area contributed by atoms with E-state index in [4.69, 9.17) is 18.9 Å². The summed E-state index contributed by atoms with van der Waals surface area (Å²) in [5.74, 6) is 2.29. The van der Waals surface area contributed by atoms with Gasteiger partial charge in [0.05, 0.1) is 36.6 Å². The number of hydrogen-bond acceptors (Lipinski definition) is 4. The van der Waals surface area contributed by atoms with Gasteiger partial charge in [0.15, 0.2) is 0 Å². The number of ether oxygens (including phenoxy) is 4. The lowest BCUT2D eigenvalue weighted by molar-refractivity contribution is -0.239. The van der Waals surface area contributed by atoms with Gasteiger partial charge < -0.3 is 18.9 Å². The van der Waals surface area contributed by atoms with Crippen molar-refractivity contribution in [1.82, 2.24) is 0 Å². The molecule has 0 spiro atoms. The first-order valence-electron chi connectivity index (χ1n) is 12.1.